The van der Waals surface area contributed by atoms with Gasteiger partial charge in [-0.25, -0.2) is 9.18 Å². The first kappa shape index (κ1) is 15.0. The van der Waals surface area contributed by atoms with Crippen LogP contribution in [0, 0.1) is 12.7 Å². The molecule has 0 aromatic heterocycles. The monoisotopic (exact) mass is 287 g/mol. The Morgan fingerprint density at radius 3 is 2.38 bits per heavy atom. The van der Waals surface area contributed by atoms with Gasteiger partial charge >= 0.3 is 5.97 Å². The molecule has 2 aromatic rings. The number of aromatic carboxylic acids is 1. The largest absolute Gasteiger partial charge is 0.478 e. The second-order valence-corrected chi connectivity index (χ2v) is 4.94. The van der Waals surface area contributed by atoms with Gasteiger partial charge in [0.15, 0.2) is 0 Å². The van der Waals surface area contributed by atoms with Crippen LogP contribution in [0.3, 0.4) is 0 Å². The fraction of sp³-hybridized carbons (Fsp3) is 0.235. The van der Waals surface area contributed by atoms with Gasteiger partial charge < -0.3 is 10.0 Å². The third kappa shape index (κ3) is 3.60. The van der Waals surface area contributed by atoms with E-state index in [1.54, 1.807) is 24.3 Å². The fourth-order valence-electron chi connectivity index (χ4n) is 2.25. The average Bonchev–Trinajstić information content (AvgIpc) is 2.47. The minimum atomic E-state index is -0.921. The van der Waals surface area contributed by atoms with Crippen molar-refractivity contribution >= 4 is 11.7 Å². The summed E-state index contributed by atoms with van der Waals surface area (Å²) in [6, 6.07) is 11.5. The predicted octanol–water partition coefficient (Wildman–Crippen LogP) is 3.86. The molecule has 0 amide bonds. The molecule has 0 aliphatic heterocycles. The number of carbonyl (C=O) groups is 1. The zero-order valence-corrected chi connectivity index (χ0v) is 12.1. The number of carboxylic acids is 1. The van der Waals surface area contributed by atoms with Crippen molar-refractivity contribution in [3.05, 3.63) is 65.0 Å². The van der Waals surface area contributed by atoms with Gasteiger partial charge in [-0.05, 0) is 61.4 Å². The van der Waals surface area contributed by atoms with Crippen molar-refractivity contribution in [2.24, 2.45) is 0 Å². The zero-order valence-electron chi connectivity index (χ0n) is 12.1. The van der Waals surface area contributed by atoms with Crippen LogP contribution in [0.4, 0.5) is 10.1 Å². The summed E-state index contributed by atoms with van der Waals surface area (Å²) in [6.45, 7) is 5.38. The van der Waals surface area contributed by atoms with Crippen LogP contribution in [0.2, 0.25) is 0 Å². The van der Waals surface area contributed by atoms with E-state index < -0.39 is 5.97 Å². The number of nitrogens with zero attached hydrogens (tertiary/aromatic N) is 1. The van der Waals surface area contributed by atoms with Crippen LogP contribution in [0.25, 0.3) is 0 Å². The Morgan fingerprint density at radius 1 is 1.19 bits per heavy atom. The van der Waals surface area contributed by atoms with Crippen molar-refractivity contribution in [2.75, 3.05) is 11.4 Å². The summed E-state index contributed by atoms with van der Waals surface area (Å²) in [5, 5.41) is 8.99. The molecule has 2 rings (SSSR count). The summed E-state index contributed by atoms with van der Waals surface area (Å²) < 4.78 is 13.0. The molecule has 0 saturated carbocycles. The minimum Gasteiger partial charge on any atom is -0.478 e. The summed E-state index contributed by atoms with van der Waals surface area (Å²) in [5.74, 6) is -1.17. The third-order valence-corrected chi connectivity index (χ3v) is 3.52. The zero-order chi connectivity index (χ0) is 15.4. The van der Waals surface area contributed by atoms with Gasteiger partial charge in [0.25, 0.3) is 0 Å². The van der Waals surface area contributed by atoms with E-state index in [1.165, 1.54) is 12.1 Å². The van der Waals surface area contributed by atoms with Gasteiger partial charge in [-0.1, -0.05) is 6.07 Å². The number of hydrogen-bond acceptors (Lipinski definition) is 2. The molecule has 1 N–H and O–H groups in total. The van der Waals surface area contributed by atoms with Crippen LogP contribution in [-0.2, 0) is 6.54 Å². The molecule has 110 valence electrons. The fourth-order valence-corrected chi connectivity index (χ4v) is 2.25. The van der Waals surface area contributed by atoms with Crippen LogP contribution < -0.4 is 4.90 Å². The van der Waals surface area contributed by atoms with E-state index in [9.17, 15) is 9.18 Å². The van der Waals surface area contributed by atoms with Crippen molar-refractivity contribution in [1.29, 1.82) is 0 Å². The highest BCUT2D eigenvalue weighted by molar-refractivity contribution is 5.87. The van der Waals surface area contributed by atoms with E-state index in [0.717, 1.165) is 23.4 Å². The maximum Gasteiger partial charge on any atom is 0.335 e. The molecule has 0 atom stereocenters. The summed E-state index contributed by atoms with van der Waals surface area (Å²) >= 11 is 0. The standard InChI is InChI=1S/C17H18FNO2/c1-3-19(16-8-6-15(18)7-9-16)11-14-5-4-13(17(20)21)10-12(14)2/h4-10H,3,11H2,1-2H3,(H,20,21). The predicted molar refractivity (Wildman–Crippen MR) is 81.3 cm³/mol. The molecule has 0 bridgehead atoms. The Labute approximate surface area is 123 Å². The molecule has 2 aromatic carbocycles. The Bertz CT molecular complexity index is 638. The molecule has 0 unspecified atom stereocenters. The van der Waals surface area contributed by atoms with Gasteiger partial charge in [0.05, 0.1) is 5.56 Å². The molecular weight excluding hydrogens is 269 g/mol. The number of benzene rings is 2. The second-order valence-electron chi connectivity index (χ2n) is 4.94. The Hall–Kier alpha value is -2.36. The first-order chi connectivity index (χ1) is 10.0. The SMILES string of the molecule is CCN(Cc1ccc(C(=O)O)cc1C)c1ccc(F)cc1. The molecule has 0 saturated heterocycles. The number of halogens is 1. The Balaban J connectivity index is 2.22. The van der Waals surface area contributed by atoms with E-state index >= 15 is 0 Å². The van der Waals surface area contributed by atoms with Gasteiger partial charge in [0.2, 0.25) is 0 Å². The van der Waals surface area contributed by atoms with E-state index in [-0.39, 0.29) is 5.82 Å². The maximum atomic E-state index is 13.0. The average molecular weight is 287 g/mol. The molecule has 0 aliphatic carbocycles. The van der Waals surface area contributed by atoms with E-state index in [0.29, 0.717) is 12.1 Å². The van der Waals surface area contributed by atoms with Crippen molar-refractivity contribution < 1.29 is 14.3 Å². The maximum absolute atomic E-state index is 13.0. The molecule has 21 heavy (non-hydrogen) atoms. The van der Waals surface area contributed by atoms with Crippen molar-refractivity contribution in [1.82, 2.24) is 0 Å². The Kier molecular flexibility index (Phi) is 4.58. The number of anilines is 1. The topological polar surface area (TPSA) is 40.5 Å². The molecule has 0 spiro atoms. The van der Waals surface area contributed by atoms with Gasteiger partial charge in [-0.15, -0.1) is 0 Å². The molecule has 0 radical (unpaired) electrons. The summed E-state index contributed by atoms with van der Waals surface area (Å²) in [4.78, 5) is 13.1. The molecule has 0 heterocycles. The summed E-state index contributed by atoms with van der Waals surface area (Å²) in [5.41, 5.74) is 3.24. The first-order valence-electron chi connectivity index (χ1n) is 6.84. The quantitative estimate of drug-likeness (QED) is 0.907. The van der Waals surface area contributed by atoms with E-state index in [2.05, 4.69) is 4.90 Å². The summed E-state index contributed by atoms with van der Waals surface area (Å²) in [6.07, 6.45) is 0. The number of carboxylic acid groups (broad SMARTS) is 1. The third-order valence-electron chi connectivity index (χ3n) is 3.52. The van der Waals surface area contributed by atoms with Crippen molar-refractivity contribution in [2.45, 2.75) is 20.4 Å². The van der Waals surface area contributed by atoms with Crippen LogP contribution >= 0.6 is 0 Å². The van der Waals surface area contributed by atoms with E-state index in [4.69, 9.17) is 5.11 Å². The van der Waals surface area contributed by atoms with Crippen molar-refractivity contribution in [3.8, 4) is 0 Å². The van der Waals surface area contributed by atoms with Gasteiger partial charge in [0.1, 0.15) is 5.82 Å². The van der Waals surface area contributed by atoms with Crippen LogP contribution in [-0.4, -0.2) is 17.6 Å². The Morgan fingerprint density at radius 2 is 1.86 bits per heavy atom. The lowest BCUT2D eigenvalue weighted by Gasteiger charge is -2.24. The molecule has 3 nitrogen and oxygen atoms in total. The first-order valence-corrected chi connectivity index (χ1v) is 6.84. The lowest BCUT2D eigenvalue weighted by molar-refractivity contribution is 0.0697. The normalized spacial score (nSPS) is 10.4. The smallest absolute Gasteiger partial charge is 0.335 e. The molecule has 0 aliphatic rings. The molecule has 4 heteroatoms. The lowest BCUT2D eigenvalue weighted by Crippen LogP contribution is -2.22. The van der Waals surface area contributed by atoms with Gasteiger partial charge in [0, 0.05) is 18.8 Å². The number of aryl methyl sites for hydroxylation is 1. The highest BCUT2D eigenvalue weighted by Crippen LogP contribution is 2.20. The molecule has 0 fully saturated rings. The van der Waals surface area contributed by atoms with Gasteiger partial charge in [-0.2, -0.15) is 0 Å². The highest BCUT2D eigenvalue weighted by atomic mass is 19.1. The lowest BCUT2D eigenvalue weighted by atomic mass is 10.0. The van der Waals surface area contributed by atoms with Crippen LogP contribution in [0.1, 0.15) is 28.4 Å². The van der Waals surface area contributed by atoms with Gasteiger partial charge in [-0.3, -0.25) is 0 Å². The van der Waals surface area contributed by atoms with Crippen LogP contribution in [0.5, 0.6) is 0 Å². The minimum absolute atomic E-state index is 0.253. The highest BCUT2D eigenvalue weighted by Gasteiger charge is 2.10. The van der Waals surface area contributed by atoms with Crippen LogP contribution in [0.15, 0.2) is 42.5 Å². The molecular formula is C17H18FNO2. The second kappa shape index (κ2) is 6.39. The number of rotatable bonds is 5. The van der Waals surface area contributed by atoms with E-state index in [1.807, 2.05) is 19.9 Å². The van der Waals surface area contributed by atoms with Crippen molar-refractivity contribution in [3.63, 3.8) is 0 Å². The summed E-state index contributed by atoms with van der Waals surface area (Å²) in [7, 11) is 0. The number of hydrogen-bond donors (Lipinski definition) is 1.